The van der Waals surface area contributed by atoms with Crippen molar-refractivity contribution in [1.82, 2.24) is 9.88 Å². The molecule has 0 saturated carbocycles. The Morgan fingerprint density at radius 2 is 1.89 bits per heavy atom. The molecular weight excluding hydrogens is 357 g/mol. The van der Waals surface area contributed by atoms with Gasteiger partial charge in [0.05, 0.1) is 0 Å². The van der Waals surface area contributed by atoms with E-state index in [9.17, 15) is 9.18 Å². The van der Waals surface area contributed by atoms with Crippen molar-refractivity contribution in [2.75, 3.05) is 18.4 Å². The molecule has 0 unspecified atom stereocenters. The molecule has 5 nitrogen and oxygen atoms in total. The van der Waals surface area contributed by atoms with Gasteiger partial charge >= 0.3 is 0 Å². The van der Waals surface area contributed by atoms with Crippen molar-refractivity contribution in [2.24, 2.45) is 0 Å². The van der Waals surface area contributed by atoms with Crippen LogP contribution in [-0.2, 0) is 6.54 Å². The van der Waals surface area contributed by atoms with Crippen LogP contribution in [0.15, 0.2) is 59.3 Å². The monoisotopic (exact) mass is 379 g/mol. The van der Waals surface area contributed by atoms with Crippen molar-refractivity contribution in [3.05, 3.63) is 72.0 Å². The second kappa shape index (κ2) is 8.35. The van der Waals surface area contributed by atoms with Gasteiger partial charge in [-0.05, 0) is 55.8 Å². The van der Waals surface area contributed by atoms with Crippen LogP contribution in [0.1, 0.15) is 35.3 Å². The number of benzene rings is 2. The van der Waals surface area contributed by atoms with E-state index >= 15 is 0 Å². The fourth-order valence-electron chi connectivity index (χ4n) is 3.50. The first-order valence-corrected chi connectivity index (χ1v) is 9.51. The number of carbonyl (C=O) groups excluding carboxylic acids is 1. The van der Waals surface area contributed by atoms with Crippen LogP contribution in [0.5, 0.6) is 0 Å². The van der Waals surface area contributed by atoms with Gasteiger partial charge in [0, 0.05) is 17.8 Å². The summed E-state index contributed by atoms with van der Waals surface area (Å²) in [6.07, 6.45) is 5.04. The second-order valence-corrected chi connectivity index (χ2v) is 7.03. The summed E-state index contributed by atoms with van der Waals surface area (Å²) in [6, 6.07) is 13.7. The van der Waals surface area contributed by atoms with Crippen molar-refractivity contribution in [2.45, 2.75) is 25.8 Å². The molecule has 0 atom stereocenters. The first-order valence-electron chi connectivity index (χ1n) is 9.51. The standard InChI is InChI=1S/C22H22FN3O2/c23-18-6-4-5-17(13-18)21-20(24-15-28-21)22(27)25-19-9-7-16(8-10-19)14-26-11-2-1-3-12-26/h4-10,13,15H,1-3,11-12,14H2,(H,25,27). The summed E-state index contributed by atoms with van der Waals surface area (Å²) in [7, 11) is 0. The Bertz CT molecular complexity index is 946. The molecule has 1 aromatic heterocycles. The maximum Gasteiger partial charge on any atom is 0.278 e. The zero-order chi connectivity index (χ0) is 19.3. The number of amides is 1. The molecule has 0 spiro atoms. The van der Waals surface area contributed by atoms with E-state index in [1.165, 1.54) is 43.4 Å². The maximum atomic E-state index is 13.5. The highest BCUT2D eigenvalue weighted by Gasteiger charge is 2.19. The van der Waals surface area contributed by atoms with E-state index in [0.29, 0.717) is 11.3 Å². The lowest BCUT2D eigenvalue weighted by atomic mass is 10.1. The molecule has 28 heavy (non-hydrogen) atoms. The number of oxazole rings is 1. The third-order valence-electron chi connectivity index (χ3n) is 4.94. The molecular formula is C22H22FN3O2. The van der Waals surface area contributed by atoms with Crippen molar-refractivity contribution < 1.29 is 13.6 Å². The van der Waals surface area contributed by atoms with E-state index in [2.05, 4.69) is 15.2 Å². The Balaban J connectivity index is 1.43. The van der Waals surface area contributed by atoms with Gasteiger partial charge in [0.25, 0.3) is 5.91 Å². The predicted molar refractivity (Wildman–Crippen MR) is 105 cm³/mol. The highest BCUT2D eigenvalue weighted by Crippen LogP contribution is 2.24. The molecule has 1 fully saturated rings. The van der Waals surface area contributed by atoms with E-state index in [0.717, 1.165) is 19.6 Å². The number of carbonyl (C=O) groups is 1. The zero-order valence-electron chi connectivity index (χ0n) is 15.5. The summed E-state index contributed by atoms with van der Waals surface area (Å²) >= 11 is 0. The van der Waals surface area contributed by atoms with Crippen LogP contribution in [0, 0.1) is 5.82 Å². The highest BCUT2D eigenvalue weighted by atomic mass is 19.1. The molecule has 144 valence electrons. The number of nitrogens with zero attached hydrogens (tertiary/aromatic N) is 2. The average molecular weight is 379 g/mol. The number of piperidine rings is 1. The topological polar surface area (TPSA) is 58.4 Å². The summed E-state index contributed by atoms with van der Waals surface area (Å²) in [6.45, 7) is 3.22. The van der Waals surface area contributed by atoms with Gasteiger partial charge in [0.1, 0.15) is 5.82 Å². The van der Waals surface area contributed by atoms with Gasteiger partial charge in [0.15, 0.2) is 17.8 Å². The van der Waals surface area contributed by atoms with Crippen LogP contribution in [0.3, 0.4) is 0 Å². The third-order valence-corrected chi connectivity index (χ3v) is 4.94. The molecule has 2 aromatic carbocycles. The summed E-state index contributed by atoms with van der Waals surface area (Å²) in [5.74, 6) is -0.542. The Morgan fingerprint density at radius 3 is 2.64 bits per heavy atom. The Kier molecular flexibility index (Phi) is 5.48. The van der Waals surface area contributed by atoms with E-state index in [-0.39, 0.29) is 11.5 Å². The van der Waals surface area contributed by atoms with E-state index in [4.69, 9.17) is 4.42 Å². The minimum Gasteiger partial charge on any atom is -0.443 e. The minimum atomic E-state index is -0.399. The largest absolute Gasteiger partial charge is 0.443 e. The molecule has 4 rings (SSSR count). The van der Waals surface area contributed by atoms with E-state index < -0.39 is 11.7 Å². The van der Waals surface area contributed by atoms with Gasteiger partial charge in [0.2, 0.25) is 0 Å². The minimum absolute atomic E-state index is 0.128. The fraction of sp³-hybridized carbons (Fsp3) is 0.273. The number of nitrogens with one attached hydrogen (secondary N) is 1. The number of rotatable bonds is 5. The zero-order valence-corrected chi connectivity index (χ0v) is 15.5. The molecule has 0 radical (unpaired) electrons. The Morgan fingerprint density at radius 1 is 1.11 bits per heavy atom. The summed E-state index contributed by atoms with van der Waals surface area (Å²) < 4.78 is 18.8. The van der Waals surface area contributed by atoms with Gasteiger partial charge in [-0.1, -0.05) is 30.7 Å². The predicted octanol–water partition coefficient (Wildman–Crippen LogP) is 4.72. The van der Waals surface area contributed by atoms with Crippen molar-refractivity contribution in [3.8, 4) is 11.3 Å². The van der Waals surface area contributed by atoms with Gasteiger partial charge in [-0.15, -0.1) is 0 Å². The third kappa shape index (κ3) is 4.28. The number of halogens is 1. The van der Waals surface area contributed by atoms with Crippen LogP contribution >= 0.6 is 0 Å². The lowest BCUT2D eigenvalue weighted by molar-refractivity contribution is 0.102. The van der Waals surface area contributed by atoms with Gasteiger partial charge < -0.3 is 9.73 Å². The SMILES string of the molecule is O=C(Nc1ccc(CN2CCCCC2)cc1)c1ncoc1-c1cccc(F)c1. The smallest absolute Gasteiger partial charge is 0.278 e. The van der Waals surface area contributed by atoms with Gasteiger partial charge in [-0.25, -0.2) is 9.37 Å². The van der Waals surface area contributed by atoms with Gasteiger partial charge in [-0.2, -0.15) is 0 Å². The highest BCUT2D eigenvalue weighted by molar-refractivity contribution is 6.06. The molecule has 3 aromatic rings. The number of anilines is 1. The molecule has 1 aliphatic rings. The normalized spacial score (nSPS) is 14.8. The van der Waals surface area contributed by atoms with Gasteiger partial charge in [-0.3, -0.25) is 9.69 Å². The van der Waals surface area contributed by atoms with Crippen molar-refractivity contribution >= 4 is 11.6 Å². The van der Waals surface area contributed by atoms with Crippen molar-refractivity contribution in [3.63, 3.8) is 0 Å². The maximum absolute atomic E-state index is 13.5. The van der Waals surface area contributed by atoms with Crippen LogP contribution in [0.25, 0.3) is 11.3 Å². The first-order chi connectivity index (χ1) is 13.7. The molecule has 0 aliphatic carbocycles. The first kappa shape index (κ1) is 18.4. The lowest BCUT2D eigenvalue weighted by Gasteiger charge is -2.26. The van der Waals surface area contributed by atoms with Crippen LogP contribution in [0.2, 0.25) is 0 Å². The molecule has 1 amide bonds. The molecule has 1 N–H and O–H groups in total. The Hall–Kier alpha value is -2.99. The summed E-state index contributed by atoms with van der Waals surface area (Å²) in [5, 5.41) is 2.83. The van der Waals surface area contributed by atoms with Crippen molar-refractivity contribution in [1.29, 1.82) is 0 Å². The molecule has 2 heterocycles. The summed E-state index contributed by atoms with van der Waals surface area (Å²) in [4.78, 5) is 19.1. The summed E-state index contributed by atoms with van der Waals surface area (Å²) in [5.41, 5.74) is 2.50. The number of hydrogen-bond acceptors (Lipinski definition) is 4. The molecule has 1 aliphatic heterocycles. The van der Waals surface area contributed by atoms with E-state index in [1.807, 2.05) is 24.3 Å². The number of likely N-dealkylation sites (tertiary alicyclic amines) is 1. The average Bonchev–Trinajstić information content (AvgIpc) is 3.20. The van der Waals surface area contributed by atoms with Crippen LogP contribution < -0.4 is 5.32 Å². The van der Waals surface area contributed by atoms with E-state index in [1.54, 1.807) is 12.1 Å². The lowest BCUT2D eigenvalue weighted by Crippen LogP contribution is -2.29. The fourth-order valence-corrected chi connectivity index (χ4v) is 3.50. The van der Waals surface area contributed by atoms with Crippen LogP contribution in [0.4, 0.5) is 10.1 Å². The molecule has 1 saturated heterocycles. The number of hydrogen-bond donors (Lipinski definition) is 1. The van der Waals surface area contributed by atoms with Crippen LogP contribution in [-0.4, -0.2) is 28.9 Å². The quantitative estimate of drug-likeness (QED) is 0.697. The Labute approximate surface area is 163 Å². The molecule has 0 bridgehead atoms. The molecule has 6 heteroatoms. The second-order valence-electron chi connectivity index (χ2n) is 7.03. The number of aromatic nitrogens is 1.